The molecule has 0 radical (unpaired) electrons. The third kappa shape index (κ3) is 3.83. The summed E-state index contributed by atoms with van der Waals surface area (Å²) in [5.41, 5.74) is 2.66. The van der Waals surface area contributed by atoms with E-state index in [1.165, 1.54) is 16.0 Å². The van der Waals surface area contributed by atoms with Crippen molar-refractivity contribution in [1.82, 2.24) is 9.80 Å². The van der Waals surface area contributed by atoms with Crippen molar-refractivity contribution in [2.45, 2.75) is 51.6 Å². The molecule has 2 aliphatic rings. The van der Waals surface area contributed by atoms with Gasteiger partial charge in [-0.05, 0) is 73.9 Å². The molecule has 2 aliphatic heterocycles. The maximum absolute atomic E-state index is 13.2. The van der Waals surface area contributed by atoms with E-state index in [-0.39, 0.29) is 11.9 Å². The lowest BCUT2D eigenvalue weighted by atomic mass is 9.97. The number of nitrogens with zero attached hydrogens (tertiary/aromatic N) is 2. The van der Waals surface area contributed by atoms with Crippen molar-refractivity contribution in [3.8, 4) is 5.75 Å². The van der Waals surface area contributed by atoms with Crippen LogP contribution >= 0.6 is 11.3 Å². The highest BCUT2D eigenvalue weighted by atomic mass is 32.1. The number of carbonyl (C=O) groups excluding carboxylic acids is 1. The van der Waals surface area contributed by atoms with E-state index in [4.69, 9.17) is 4.74 Å². The smallest absolute Gasteiger partial charge is 0.237 e. The van der Waals surface area contributed by atoms with Crippen molar-refractivity contribution in [2.24, 2.45) is 0 Å². The average molecular weight is 399 g/mol. The van der Waals surface area contributed by atoms with Gasteiger partial charge in [0.15, 0.2) is 0 Å². The summed E-state index contributed by atoms with van der Waals surface area (Å²) >= 11 is 1.83. The maximum Gasteiger partial charge on any atom is 0.237 e. The molecule has 1 fully saturated rings. The number of thiophene rings is 1. The fourth-order valence-corrected chi connectivity index (χ4v) is 5.67. The predicted octanol–water partition coefficient (Wildman–Crippen LogP) is 4.82. The third-order valence-corrected chi connectivity index (χ3v) is 7.08. The second-order valence-corrected chi connectivity index (χ2v) is 8.69. The molecule has 1 aromatic carbocycles. The lowest BCUT2D eigenvalue weighted by Gasteiger charge is -2.37. The molecule has 0 spiro atoms. The minimum Gasteiger partial charge on any atom is -0.494 e. The molecule has 1 saturated heterocycles. The van der Waals surface area contributed by atoms with E-state index in [0.717, 1.165) is 44.5 Å². The van der Waals surface area contributed by atoms with E-state index >= 15 is 0 Å². The first-order valence-corrected chi connectivity index (χ1v) is 11.4. The number of ether oxygens (including phenoxy) is 1. The fourth-order valence-electron chi connectivity index (χ4n) is 4.75. The standard InChI is InChI=1S/C23H30N2O2S/c1-3-20-19-12-15-28-22(19)11-14-25(20)23(26)16-24-13-5-6-21(24)17-7-9-18(10-8-17)27-4-2/h7-10,12,15,20-21H,3-6,11,13-14,16H2,1-2H3. The molecule has 2 atom stereocenters. The predicted molar refractivity (Wildman–Crippen MR) is 114 cm³/mol. The molecule has 1 amide bonds. The van der Waals surface area contributed by atoms with E-state index in [0.29, 0.717) is 19.2 Å². The second-order valence-electron chi connectivity index (χ2n) is 7.69. The summed E-state index contributed by atoms with van der Waals surface area (Å²) in [5, 5.41) is 2.17. The fraction of sp³-hybridized carbons (Fsp3) is 0.522. The Kier molecular flexibility index (Phi) is 6.02. The van der Waals surface area contributed by atoms with Crippen LogP contribution in [-0.2, 0) is 11.2 Å². The zero-order valence-electron chi connectivity index (χ0n) is 16.9. The summed E-state index contributed by atoms with van der Waals surface area (Å²) in [6, 6.07) is 11.2. The minimum absolute atomic E-state index is 0.244. The second kappa shape index (κ2) is 8.66. The van der Waals surface area contributed by atoms with Crippen molar-refractivity contribution in [2.75, 3.05) is 26.2 Å². The van der Waals surface area contributed by atoms with Crippen LogP contribution in [0.15, 0.2) is 35.7 Å². The molecule has 3 heterocycles. The molecule has 0 N–H and O–H groups in total. The molecule has 150 valence electrons. The molecule has 0 aliphatic carbocycles. The number of likely N-dealkylation sites (tertiary alicyclic amines) is 1. The summed E-state index contributed by atoms with van der Waals surface area (Å²) < 4.78 is 5.57. The number of fused-ring (bicyclic) bond motifs is 1. The van der Waals surface area contributed by atoms with E-state index in [9.17, 15) is 4.79 Å². The van der Waals surface area contributed by atoms with Crippen LogP contribution in [0.2, 0.25) is 0 Å². The van der Waals surface area contributed by atoms with Crippen LogP contribution in [0.5, 0.6) is 5.75 Å². The lowest BCUT2D eigenvalue weighted by Crippen LogP contribution is -2.44. The quantitative estimate of drug-likeness (QED) is 0.699. The van der Waals surface area contributed by atoms with E-state index in [1.807, 2.05) is 30.4 Å². The van der Waals surface area contributed by atoms with Crippen LogP contribution in [0.25, 0.3) is 0 Å². The van der Waals surface area contributed by atoms with E-state index in [1.54, 1.807) is 0 Å². The zero-order chi connectivity index (χ0) is 19.5. The summed E-state index contributed by atoms with van der Waals surface area (Å²) in [4.78, 5) is 19.2. The van der Waals surface area contributed by atoms with Crippen molar-refractivity contribution in [3.63, 3.8) is 0 Å². The Morgan fingerprint density at radius 1 is 1.18 bits per heavy atom. The summed E-state index contributed by atoms with van der Waals surface area (Å²) in [6.45, 7) is 7.25. The van der Waals surface area contributed by atoms with Crippen molar-refractivity contribution < 1.29 is 9.53 Å². The molecule has 4 rings (SSSR count). The molecule has 1 aromatic heterocycles. The molecule has 2 aromatic rings. The molecular formula is C23H30N2O2S. The van der Waals surface area contributed by atoms with Gasteiger partial charge in [0.25, 0.3) is 0 Å². The summed E-state index contributed by atoms with van der Waals surface area (Å²) in [6.07, 6.45) is 4.25. The molecule has 5 heteroatoms. The van der Waals surface area contributed by atoms with Crippen molar-refractivity contribution >= 4 is 17.2 Å². The van der Waals surface area contributed by atoms with Crippen LogP contribution in [0.4, 0.5) is 0 Å². The van der Waals surface area contributed by atoms with Gasteiger partial charge in [-0.1, -0.05) is 19.1 Å². The first-order chi connectivity index (χ1) is 13.7. The van der Waals surface area contributed by atoms with Gasteiger partial charge in [-0.25, -0.2) is 0 Å². The number of amides is 1. The van der Waals surface area contributed by atoms with Crippen LogP contribution < -0.4 is 4.74 Å². The molecule has 0 saturated carbocycles. The van der Waals surface area contributed by atoms with Crippen LogP contribution in [0.3, 0.4) is 0 Å². The topological polar surface area (TPSA) is 32.8 Å². The Balaban J connectivity index is 1.45. The third-order valence-electron chi connectivity index (χ3n) is 6.08. The van der Waals surface area contributed by atoms with Gasteiger partial charge in [0.2, 0.25) is 5.91 Å². The highest BCUT2D eigenvalue weighted by molar-refractivity contribution is 7.10. The first kappa shape index (κ1) is 19.5. The van der Waals surface area contributed by atoms with Gasteiger partial charge in [-0.2, -0.15) is 0 Å². The highest BCUT2D eigenvalue weighted by Crippen LogP contribution is 2.37. The number of hydrogen-bond acceptors (Lipinski definition) is 4. The van der Waals surface area contributed by atoms with E-state index in [2.05, 4.69) is 40.3 Å². The Hall–Kier alpha value is -1.85. The average Bonchev–Trinajstić information content (AvgIpc) is 3.37. The zero-order valence-corrected chi connectivity index (χ0v) is 17.7. The minimum atomic E-state index is 0.244. The molecule has 0 bridgehead atoms. The molecular weight excluding hydrogens is 368 g/mol. The summed E-state index contributed by atoms with van der Waals surface area (Å²) in [5.74, 6) is 1.19. The van der Waals surface area contributed by atoms with Crippen molar-refractivity contribution in [3.05, 3.63) is 51.7 Å². The van der Waals surface area contributed by atoms with Gasteiger partial charge < -0.3 is 9.64 Å². The lowest BCUT2D eigenvalue weighted by molar-refractivity contribution is -0.135. The number of hydrogen-bond donors (Lipinski definition) is 0. The molecule has 2 unspecified atom stereocenters. The Morgan fingerprint density at radius 3 is 2.75 bits per heavy atom. The van der Waals surface area contributed by atoms with Gasteiger partial charge in [0, 0.05) is 17.5 Å². The van der Waals surface area contributed by atoms with Gasteiger partial charge in [0.05, 0.1) is 19.2 Å². The Morgan fingerprint density at radius 2 is 2.00 bits per heavy atom. The molecule has 28 heavy (non-hydrogen) atoms. The van der Waals surface area contributed by atoms with Crippen LogP contribution in [0.1, 0.15) is 61.2 Å². The Labute approximate surface area is 172 Å². The van der Waals surface area contributed by atoms with Gasteiger partial charge >= 0.3 is 0 Å². The van der Waals surface area contributed by atoms with Crippen molar-refractivity contribution in [1.29, 1.82) is 0 Å². The van der Waals surface area contributed by atoms with Gasteiger partial charge in [0.1, 0.15) is 5.75 Å². The van der Waals surface area contributed by atoms with Gasteiger partial charge in [-0.3, -0.25) is 9.69 Å². The SMILES string of the molecule is CCOc1ccc(C2CCCN2CC(=O)N2CCc3sccc3C2CC)cc1. The first-order valence-electron chi connectivity index (χ1n) is 10.5. The maximum atomic E-state index is 13.2. The number of rotatable bonds is 6. The summed E-state index contributed by atoms with van der Waals surface area (Å²) in [7, 11) is 0. The monoisotopic (exact) mass is 398 g/mol. The number of benzene rings is 1. The highest BCUT2D eigenvalue weighted by Gasteiger charge is 2.33. The molecule has 4 nitrogen and oxygen atoms in total. The van der Waals surface area contributed by atoms with Crippen LogP contribution in [-0.4, -0.2) is 41.9 Å². The largest absolute Gasteiger partial charge is 0.494 e. The number of carbonyl (C=O) groups is 1. The van der Waals surface area contributed by atoms with E-state index < -0.39 is 0 Å². The normalized spacial score (nSPS) is 22.3. The van der Waals surface area contributed by atoms with Crippen LogP contribution in [0, 0.1) is 0 Å². The Bertz CT molecular complexity index is 801. The van der Waals surface area contributed by atoms with Gasteiger partial charge in [-0.15, -0.1) is 11.3 Å².